The molecule has 3 nitrogen and oxygen atoms in total. The van der Waals surface area contributed by atoms with Gasteiger partial charge in [0.2, 0.25) is 0 Å². The van der Waals surface area contributed by atoms with Crippen molar-refractivity contribution in [3.05, 3.63) is 6.92 Å². The molecule has 0 aromatic heterocycles. The van der Waals surface area contributed by atoms with Gasteiger partial charge >= 0.3 is 11.9 Å². The zero-order valence-corrected chi connectivity index (χ0v) is 4.64. The fourth-order valence-electron chi connectivity index (χ4n) is 0.199. The number of esters is 2. The SMILES string of the molecule is [CH2]C(=O)OC(=O)CC. The van der Waals surface area contributed by atoms with Crippen LogP contribution in [-0.4, -0.2) is 11.9 Å². The van der Waals surface area contributed by atoms with Gasteiger partial charge in [-0.15, -0.1) is 0 Å². The molecule has 0 aromatic carbocycles. The second-order valence-electron chi connectivity index (χ2n) is 1.20. The largest absolute Gasteiger partial charge is 0.393 e. The summed E-state index contributed by atoms with van der Waals surface area (Å²) in [5.74, 6) is -1.33. The smallest absolute Gasteiger partial charge is 0.314 e. The highest BCUT2D eigenvalue weighted by Gasteiger charge is 1.99. The molecule has 0 aliphatic heterocycles. The van der Waals surface area contributed by atoms with Crippen LogP contribution in [0.3, 0.4) is 0 Å². The van der Waals surface area contributed by atoms with Crippen LogP contribution in [0.15, 0.2) is 0 Å². The molecule has 0 rings (SSSR count). The zero-order valence-electron chi connectivity index (χ0n) is 4.64. The van der Waals surface area contributed by atoms with Crippen LogP contribution in [0.4, 0.5) is 0 Å². The fourth-order valence-corrected chi connectivity index (χ4v) is 0.199. The highest BCUT2D eigenvalue weighted by atomic mass is 16.6. The lowest BCUT2D eigenvalue weighted by Gasteiger charge is -1.91. The first-order valence-corrected chi connectivity index (χ1v) is 2.23. The lowest BCUT2D eigenvalue weighted by molar-refractivity contribution is -0.156. The summed E-state index contributed by atoms with van der Waals surface area (Å²) in [7, 11) is 0. The van der Waals surface area contributed by atoms with Crippen molar-refractivity contribution in [3.8, 4) is 0 Å². The topological polar surface area (TPSA) is 43.4 Å². The monoisotopic (exact) mass is 115 g/mol. The van der Waals surface area contributed by atoms with E-state index in [4.69, 9.17) is 0 Å². The Balaban J connectivity index is 3.40. The van der Waals surface area contributed by atoms with E-state index in [1.54, 1.807) is 6.92 Å². The molecule has 0 spiro atoms. The number of carbonyl (C=O) groups is 2. The van der Waals surface area contributed by atoms with Crippen LogP contribution >= 0.6 is 0 Å². The van der Waals surface area contributed by atoms with E-state index in [1.807, 2.05) is 0 Å². The maximum atomic E-state index is 10.1. The summed E-state index contributed by atoms with van der Waals surface area (Å²) in [4.78, 5) is 20.0. The van der Waals surface area contributed by atoms with Crippen molar-refractivity contribution in [1.29, 1.82) is 0 Å². The number of carbonyl (C=O) groups excluding carboxylic acids is 2. The Hall–Kier alpha value is -0.860. The van der Waals surface area contributed by atoms with E-state index >= 15 is 0 Å². The van der Waals surface area contributed by atoms with Crippen LogP contribution < -0.4 is 0 Å². The van der Waals surface area contributed by atoms with Crippen molar-refractivity contribution in [2.75, 3.05) is 0 Å². The second kappa shape index (κ2) is 3.18. The Morgan fingerprint density at radius 3 is 2.25 bits per heavy atom. The van der Waals surface area contributed by atoms with E-state index in [-0.39, 0.29) is 6.42 Å². The van der Waals surface area contributed by atoms with Gasteiger partial charge in [-0.2, -0.15) is 0 Å². The summed E-state index contributed by atoms with van der Waals surface area (Å²) in [5, 5.41) is 0. The summed E-state index contributed by atoms with van der Waals surface area (Å²) in [5.41, 5.74) is 0. The first-order valence-electron chi connectivity index (χ1n) is 2.23. The molecule has 0 aliphatic rings. The molecule has 0 heterocycles. The molecule has 0 amide bonds. The van der Waals surface area contributed by atoms with Gasteiger partial charge in [0.05, 0.1) is 6.92 Å². The maximum absolute atomic E-state index is 10.1. The molecule has 0 bridgehead atoms. The molecule has 0 aromatic rings. The van der Waals surface area contributed by atoms with Crippen LogP contribution in [0, 0.1) is 6.92 Å². The van der Waals surface area contributed by atoms with Gasteiger partial charge in [-0.1, -0.05) is 6.92 Å². The quantitative estimate of drug-likeness (QED) is 0.364. The first kappa shape index (κ1) is 7.14. The molecule has 3 heteroatoms. The van der Waals surface area contributed by atoms with Crippen LogP contribution in [-0.2, 0) is 14.3 Å². The summed E-state index contributed by atoms with van der Waals surface area (Å²) in [6.45, 7) is 4.45. The van der Waals surface area contributed by atoms with Crippen molar-refractivity contribution in [2.45, 2.75) is 13.3 Å². The summed E-state index contributed by atoms with van der Waals surface area (Å²) in [6.07, 6.45) is 0.210. The maximum Gasteiger partial charge on any atom is 0.314 e. The molecule has 0 N–H and O–H groups in total. The Labute approximate surface area is 47.6 Å². The molecule has 0 atom stereocenters. The third-order valence-electron chi connectivity index (χ3n) is 0.516. The average Bonchev–Trinajstić information content (AvgIpc) is 1.65. The van der Waals surface area contributed by atoms with Crippen molar-refractivity contribution in [1.82, 2.24) is 0 Å². The Bertz CT molecular complexity index is 106. The van der Waals surface area contributed by atoms with Crippen LogP contribution in [0.25, 0.3) is 0 Å². The van der Waals surface area contributed by atoms with Crippen molar-refractivity contribution >= 4 is 11.9 Å². The minimum absolute atomic E-state index is 0.210. The molecule has 45 valence electrons. The third-order valence-corrected chi connectivity index (χ3v) is 0.516. The summed E-state index contributed by atoms with van der Waals surface area (Å²) < 4.78 is 4.01. The van der Waals surface area contributed by atoms with E-state index in [0.717, 1.165) is 0 Å². The van der Waals surface area contributed by atoms with Gasteiger partial charge in [0.15, 0.2) is 0 Å². The van der Waals surface area contributed by atoms with Crippen molar-refractivity contribution in [2.24, 2.45) is 0 Å². The van der Waals surface area contributed by atoms with E-state index in [1.165, 1.54) is 0 Å². The highest BCUT2D eigenvalue weighted by molar-refractivity contribution is 5.87. The van der Waals surface area contributed by atoms with Gasteiger partial charge < -0.3 is 4.74 Å². The molecule has 0 saturated carbocycles. The zero-order chi connectivity index (χ0) is 6.57. The molecule has 0 aliphatic carbocycles. The predicted molar refractivity (Wildman–Crippen MR) is 26.7 cm³/mol. The number of hydrogen-bond acceptors (Lipinski definition) is 3. The molecule has 0 fully saturated rings. The van der Waals surface area contributed by atoms with Gasteiger partial charge in [-0.3, -0.25) is 9.59 Å². The van der Waals surface area contributed by atoms with Gasteiger partial charge in [0.25, 0.3) is 0 Å². The van der Waals surface area contributed by atoms with E-state index < -0.39 is 11.9 Å². The van der Waals surface area contributed by atoms with E-state index in [0.29, 0.717) is 0 Å². The summed E-state index contributed by atoms with van der Waals surface area (Å²) >= 11 is 0. The Morgan fingerprint density at radius 2 is 2.12 bits per heavy atom. The van der Waals surface area contributed by atoms with Gasteiger partial charge in [0.1, 0.15) is 0 Å². The van der Waals surface area contributed by atoms with Crippen LogP contribution in [0.5, 0.6) is 0 Å². The lowest BCUT2D eigenvalue weighted by atomic mass is 10.5. The Kier molecular flexibility index (Phi) is 2.84. The van der Waals surface area contributed by atoms with E-state index in [9.17, 15) is 9.59 Å². The number of hydrogen-bond donors (Lipinski definition) is 0. The van der Waals surface area contributed by atoms with Gasteiger partial charge in [-0.25, -0.2) is 0 Å². The minimum atomic E-state index is -0.795. The standard InChI is InChI=1S/C5H7O3/c1-3-5(7)8-4(2)6/h2-3H2,1H3. The fraction of sp³-hybridized carbons (Fsp3) is 0.400. The Morgan fingerprint density at radius 1 is 1.62 bits per heavy atom. The first-order chi connectivity index (χ1) is 3.66. The average molecular weight is 115 g/mol. The van der Waals surface area contributed by atoms with Gasteiger partial charge in [-0.05, 0) is 0 Å². The van der Waals surface area contributed by atoms with Crippen molar-refractivity contribution < 1.29 is 14.3 Å². The molecule has 0 saturated heterocycles. The normalized spacial score (nSPS) is 8.25. The molecule has 0 unspecified atom stereocenters. The second-order valence-corrected chi connectivity index (χ2v) is 1.20. The van der Waals surface area contributed by atoms with Gasteiger partial charge in [0, 0.05) is 6.42 Å². The van der Waals surface area contributed by atoms with Crippen LogP contribution in [0.2, 0.25) is 0 Å². The third kappa shape index (κ3) is 3.33. The summed E-state index contributed by atoms with van der Waals surface area (Å²) in [6, 6.07) is 0. The van der Waals surface area contributed by atoms with Crippen molar-refractivity contribution in [3.63, 3.8) is 0 Å². The van der Waals surface area contributed by atoms with Crippen LogP contribution in [0.1, 0.15) is 13.3 Å². The highest BCUT2D eigenvalue weighted by Crippen LogP contribution is 1.82. The number of ether oxygens (including phenoxy) is 1. The molecule has 1 radical (unpaired) electrons. The molecular formula is C5H7O3. The molecular weight excluding hydrogens is 108 g/mol. The number of rotatable bonds is 1. The minimum Gasteiger partial charge on any atom is -0.393 e. The van der Waals surface area contributed by atoms with E-state index in [2.05, 4.69) is 11.7 Å². The molecule has 8 heavy (non-hydrogen) atoms. The predicted octanol–water partition coefficient (Wildman–Crippen LogP) is 0.300. The lowest BCUT2D eigenvalue weighted by Crippen LogP contribution is -2.06.